The Kier molecular flexibility index (Phi) is 8.90. The molecule has 1 N–H and O–H groups in total. The summed E-state index contributed by atoms with van der Waals surface area (Å²) in [6, 6.07) is 8.47. The maximum atomic E-state index is 14.2. The highest BCUT2D eigenvalue weighted by atomic mass is 35.5. The van der Waals surface area contributed by atoms with Crippen LogP contribution in [0.1, 0.15) is 38.8 Å². The van der Waals surface area contributed by atoms with Crippen LogP contribution in [0.2, 0.25) is 23.2 Å². The smallest absolute Gasteiger partial charge is 0.251 e. The van der Waals surface area contributed by atoms with Crippen molar-refractivity contribution in [2.45, 2.75) is 63.6 Å². The van der Waals surface area contributed by atoms with Crippen LogP contribution in [0.5, 0.6) is 0 Å². The molecule has 7 nitrogen and oxygen atoms in total. The van der Waals surface area contributed by atoms with Gasteiger partial charge in [-0.3, -0.25) is 4.79 Å². The van der Waals surface area contributed by atoms with Gasteiger partial charge < -0.3 is 19.0 Å². The lowest BCUT2D eigenvalue weighted by Gasteiger charge is -2.37. The van der Waals surface area contributed by atoms with E-state index in [0.29, 0.717) is 29.8 Å². The zero-order chi connectivity index (χ0) is 28.4. The first-order valence-electron chi connectivity index (χ1n) is 13.0. The third-order valence-corrected chi connectivity index (χ3v) is 12.4. The van der Waals surface area contributed by atoms with E-state index in [-0.39, 0.29) is 34.8 Å². The Morgan fingerprint density at radius 3 is 2.69 bits per heavy atom. The summed E-state index contributed by atoms with van der Waals surface area (Å²) in [5, 5.41) is 3.00. The predicted molar refractivity (Wildman–Crippen MR) is 152 cm³/mol. The molecule has 4 rings (SSSR count). The van der Waals surface area contributed by atoms with E-state index >= 15 is 0 Å². The fourth-order valence-electron chi connectivity index (χ4n) is 4.09. The number of nitrogens with one attached hydrogen (secondary N) is 1. The van der Waals surface area contributed by atoms with Crippen molar-refractivity contribution >= 4 is 25.9 Å². The van der Waals surface area contributed by atoms with Gasteiger partial charge in [0, 0.05) is 30.6 Å². The number of benzene rings is 1. The summed E-state index contributed by atoms with van der Waals surface area (Å²) in [6.45, 7) is 11.4. The van der Waals surface area contributed by atoms with Crippen LogP contribution in [-0.4, -0.2) is 54.9 Å². The van der Waals surface area contributed by atoms with E-state index in [9.17, 15) is 13.6 Å². The summed E-state index contributed by atoms with van der Waals surface area (Å²) in [5.41, 5.74) is 1.50. The minimum atomic E-state index is -2.15. The molecule has 0 aliphatic carbocycles. The van der Waals surface area contributed by atoms with Crippen LogP contribution in [0.4, 0.5) is 14.7 Å². The van der Waals surface area contributed by atoms with E-state index < -0.39 is 32.4 Å². The van der Waals surface area contributed by atoms with Crippen molar-refractivity contribution in [2.24, 2.45) is 0 Å². The second-order valence-corrected chi connectivity index (χ2v) is 16.5. The Morgan fingerprint density at radius 2 is 2.03 bits per heavy atom. The third-order valence-electron chi connectivity index (χ3n) is 7.57. The van der Waals surface area contributed by atoms with Gasteiger partial charge in [0.1, 0.15) is 12.0 Å². The van der Waals surface area contributed by atoms with Crippen LogP contribution in [0.25, 0.3) is 11.3 Å². The quantitative estimate of drug-likeness (QED) is 0.319. The van der Waals surface area contributed by atoms with Gasteiger partial charge in [-0.1, -0.05) is 38.4 Å². The fraction of sp³-hybridized carbons (Fsp3) is 0.464. The van der Waals surface area contributed by atoms with E-state index in [4.69, 9.17) is 20.8 Å². The number of pyridine rings is 1. The molecule has 1 unspecified atom stereocenters. The van der Waals surface area contributed by atoms with E-state index in [1.165, 1.54) is 18.2 Å². The summed E-state index contributed by atoms with van der Waals surface area (Å²) in [7, 11) is -2.15. The first-order valence-corrected chi connectivity index (χ1v) is 16.3. The van der Waals surface area contributed by atoms with Gasteiger partial charge in [-0.2, -0.15) is 0 Å². The minimum absolute atomic E-state index is 0.0180. The first-order chi connectivity index (χ1) is 18.4. The predicted octanol–water partition coefficient (Wildman–Crippen LogP) is 6.25. The molecular formula is C28H35ClF2N4O3Si. The summed E-state index contributed by atoms with van der Waals surface area (Å²) in [5.74, 6) is -0.243. The molecule has 210 valence electrons. The highest BCUT2D eigenvalue weighted by molar-refractivity contribution is 6.74. The molecular weight excluding hydrogens is 542 g/mol. The van der Waals surface area contributed by atoms with E-state index in [0.717, 1.165) is 0 Å². The summed E-state index contributed by atoms with van der Waals surface area (Å²) in [4.78, 5) is 22.2. The highest BCUT2D eigenvalue weighted by Gasteiger charge is 2.38. The molecule has 39 heavy (non-hydrogen) atoms. The summed E-state index contributed by atoms with van der Waals surface area (Å²) >= 11 is 6.10. The maximum Gasteiger partial charge on any atom is 0.251 e. The topological polar surface area (TPSA) is 78.3 Å². The lowest BCUT2D eigenvalue weighted by molar-refractivity contribution is 0.0284. The minimum Gasteiger partial charge on any atom is -0.414 e. The van der Waals surface area contributed by atoms with Crippen molar-refractivity contribution in [1.29, 1.82) is 0 Å². The van der Waals surface area contributed by atoms with Crippen molar-refractivity contribution in [1.82, 2.24) is 14.5 Å². The molecule has 1 aromatic carbocycles. The van der Waals surface area contributed by atoms with Crippen LogP contribution < -0.4 is 10.9 Å². The largest absolute Gasteiger partial charge is 0.414 e. The molecule has 1 aliphatic heterocycles. The van der Waals surface area contributed by atoms with Gasteiger partial charge in [0.25, 0.3) is 5.56 Å². The molecule has 1 saturated heterocycles. The number of halogens is 3. The van der Waals surface area contributed by atoms with Gasteiger partial charge in [0.2, 0.25) is 5.95 Å². The number of anilines is 1. The van der Waals surface area contributed by atoms with Crippen LogP contribution in [0.15, 0.2) is 53.6 Å². The molecule has 3 atom stereocenters. The number of hydrogen-bond acceptors (Lipinski definition) is 6. The van der Waals surface area contributed by atoms with Crippen molar-refractivity contribution in [2.75, 3.05) is 25.1 Å². The summed E-state index contributed by atoms with van der Waals surface area (Å²) in [6.07, 6.45) is 2.61. The summed E-state index contributed by atoms with van der Waals surface area (Å²) < 4.78 is 41.3. The molecule has 2 aromatic heterocycles. The van der Waals surface area contributed by atoms with Gasteiger partial charge in [0.05, 0.1) is 36.0 Å². The Balaban J connectivity index is 1.63. The van der Waals surface area contributed by atoms with Gasteiger partial charge >= 0.3 is 0 Å². The lowest BCUT2D eigenvalue weighted by atomic mass is 10.1. The Labute approximate surface area is 233 Å². The molecule has 1 fully saturated rings. The van der Waals surface area contributed by atoms with Gasteiger partial charge in [-0.05, 0) is 54.4 Å². The SMILES string of the molecule is CC(C)(C)[Si](C)(C)OCC(c1ccc(F)c(Cl)c1)n1ccc(-c2ccnc(N[C@@H]3CCOC[C@H]3F)n2)cc1=O. The van der Waals surface area contributed by atoms with Crippen LogP contribution >= 0.6 is 11.6 Å². The zero-order valence-electron chi connectivity index (χ0n) is 22.9. The number of nitrogens with zero attached hydrogens (tertiary/aromatic N) is 3. The number of aromatic nitrogens is 3. The van der Waals surface area contributed by atoms with E-state index in [2.05, 4.69) is 49.1 Å². The first kappa shape index (κ1) is 29.3. The van der Waals surface area contributed by atoms with Crippen LogP contribution in [0, 0.1) is 5.82 Å². The molecule has 0 saturated carbocycles. The highest BCUT2D eigenvalue weighted by Crippen LogP contribution is 2.37. The molecule has 0 radical (unpaired) electrons. The van der Waals surface area contributed by atoms with Gasteiger partial charge in [-0.15, -0.1) is 0 Å². The second-order valence-electron chi connectivity index (χ2n) is 11.3. The second kappa shape index (κ2) is 11.8. The molecule has 0 spiro atoms. The molecule has 3 aromatic rings. The van der Waals surface area contributed by atoms with Crippen molar-refractivity contribution in [3.05, 3.63) is 75.5 Å². The van der Waals surface area contributed by atoms with E-state index in [1.807, 2.05) is 0 Å². The van der Waals surface area contributed by atoms with E-state index in [1.54, 1.807) is 35.2 Å². The van der Waals surface area contributed by atoms with Crippen LogP contribution in [-0.2, 0) is 9.16 Å². The fourth-order valence-corrected chi connectivity index (χ4v) is 5.28. The molecule has 0 amide bonds. The average Bonchev–Trinajstić information content (AvgIpc) is 2.88. The van der Waals surface area contributed by atoms with Gasteiger partial charge in [-0.25, -0.2) is 18.7 Å². The standard InChI is InChI=1S/C28H35ClF2N4O3Si/c1-28(2,3)39(4,5)38-17-25(19-6-7-21(30)20(29)14-19)35-12-9-18(15-26(35)36)23-8-11-32-27(33-23)34-24-10-13-37-16-22(24)31/h6-9,11-12,14-15,22,24-25H,10,13,16-17H2,1-5H3,(H,32,33,34)/t22-,24-,25?/m1/s1. The maximum absolute atomic E-state index is 14.2. The van der Waals surface area contributed by atoms with Gasteiger partial charge in [0.15, 0.2) is 8.32 Å². The average molecular weight is 577 g/mol. The molecule has 1 aliphatic rings. The number of ether oxygens (including phenoxy) is 1. The van der Waals surface area contributed by atoms with Crippen LogP contribution in [0.3, 0.4) is 0 Å². The Bertz CT molecular complexity index is 1370. The third kappa shape index (κ3) is 6.92. The number of alkyl halides is 1. The zero-order valence-corrected chi connectivity index (χ0v) is 24.6. The number of rotatable bonds is 8. The molecule has 11 heteroatoms. The molecule has 3 heterocycles. The van der Waals surface area contributed by atoms with Crippen molar-refractivity contribution in [3.63, 3.8) is 0 Å². The Hall–Kier alpha value is -2.66. The Morgan fingerprint density at radius 1 is 1.26 bits per heavy atom. The van der Waals surface area contributed by atoms with Crippen molar-refractivity contribution < 1.29 is 17.9 Å². The molecule has 0 bridgehead atoms. The lowest BCUT2D eigenvalue weighted by Crippen LogP contribution is -2.43. The monoisotopic (exact) mass is 576 g/mol. The van der Waals surface area contributed by atoms with Crippen molar-refractivity contribution in [3.8, 4) is 11.3 Å². The normalized spacial score (nSPS) is 19.1. The number of hydrogen-bond donors (Lipinski definition) is 1.